The minimum atomic E-state index is -0.0749. The zero-order valence-corrected chi connectivity index (χ0v) is 13.6. The van der Waals surface area contributed by atoms with E-state index >= 15 is 0 Å². The monoisotopic (exact) mass is 324 g/mol. The topological polar surface area (TPSA) is 34.2 Å². The van der Waals surface area contributed by atoms with Crippen molar-refractivity contribution in [3.63, 3.8) is 0 Å². The van der Waals surface area contributed by atoms with E-state index in [1.807, 2.05) is 38.2 Å². The van der Waals surface area contributed by atoms with Crippen molar-refractivity contribution in [2.75, 3.05) is 13.2 Å². The largest absolute Gasteiger partial charge is 0.492 e. The predicted octanol–water partition coefficient (Wildman–Crippen LogP) is 4.49. The van der Waals surface area contributed by atoms with Crippen molar-refractivity contribution in [2.45, 2.75) is 19.9 Å². The van der Waals surface area contributed by atoms with Crippen LogP contribution >= 0.6 is 23.2 Å². The van der Waals surface area contributed by atoms with Crippen LogP contribution in [0.1, 0.15) is 31.0 Å². The predicted molar refractivity (Wildman–Crippen MR) is 87.4 cm³/mol. The summed E-state index contributed by atoms with van der Waals surface area (Å²) in [4.78, 5) is 4.24. The lowest BCUT2D eigenvalue weighted by atomic mass is 10.00. The van der Waals surface area contributed by atoms with E-state index in [2.05, 4.69) is 10.3 Å². The summed E-state index contributed by atoms with van der Waals surface area (Å²) in [6.45, 7) is 5.40. The lowest BCUT2D eigenvalue weighted by molar-refractivity contribution is 0.338. The molecule has 0 aliphatic carbocycles. The Morgan fingerprint density at radius 1 is 1.19 bits per heavy atom. The van der Waals surface area contributed by atoms with Gasteiger partial charge in [0.2, 0.25) is 0 Å². The third-order valence-corrected chi connectivity index (χ3v) is 3.64. The Morgan fingerprint density at radius 2 is 2.00 bits per heavy atom. The van der Waals surface area contributed by atoms with E-state index in [-0.39, 0.29) is 6.04 Å². The molecule has 0 aliphatic rings. The first-order chi connectivity index (χ1) is 10.2. The average Bonchev–Trinajstić information content (AvgIpc) is 2.48. The van der Waals surface area contributed by atoms with Crippen LogP contribution < -0.4 is 10.1 Å². The van der Waals surface area contributed by atoms with Gasteiger partial charge < -0.3 is 10.1 Å². The molecule has 21 heavy (non-hydrogen) atoms. The molecule has 112 valence electrons. The van der Waals surface area contributed by atoms with E-state index in [0.29, 0.717) is 16.7 Å². The van der Waals surface area contributed by atoms with Crippen LogP contribution in [0.2, 0.25) is 10.0 Å². The normalized spacial score (nSPS) is 12.2. The maximum absolute atomic E-state index is 6.33. The molecule has 0 amide bonds. The third-order valence-electron chi connectivity index (χ3n) is 3.06. The molecule has 0 aliphatic heterocycles. The lowest BCUT2D eigenvalue weighted by Crippen LogP contribution is -2.22. The highest BCUT2D eigenvalue weighted by atomic mass is 35.5. The van der Waals surface area contributed by atoms with Gasteiger partial charge in [-0.3, -0.25) is 4.98 Å². The first-order valence-electron chi connectivity index (χ1n) is 6.91. The zero-order chi connectivity index (χ0) is 15.2. The smallest absolute Gasteiger partial charge is 0.137 e. The Balaban J connectivity index is 2.42. The molecule has 3 nitrogen and oxygen atoms in total. The molecule has 5 heteroatoms. The Hall–Kier alpha value is -1.29. The molecule has 0 bridgehead atoms. The SMILES string of the molecule is CCNC(c1cncc(OCC)c1)c1cc(Cl)ccc1Cl. The number of benzene rings is 1. The number of halogens is 2. The Labute approximate surface area is 135 Å². The molecule has 0 saturated carbocycles. The van der Waals surface area contributed by atoms with Gasteiger partial charge in [-0.05, 0) is 48.9 Å². The van der Waals surface area contributed by atoms with Gasteiger partial charge in [-0.25, -0.2) is 0 Å². The second kappa shape index (κ2) is 7.64. The quantitative estimate of drug-likeness (QED) is 0.850. The summed E-state index contributed by atoms with van der Waals surface area (Å²) in [7, 11) is 0. The van der Waals surface area contributed by atoms with Crippen LogP contribution in [0.5, 0.6) is 5.75 Å². The molecule has 0 radical (unpaired) electrons. The minimum Gasteiger partial charge on any atom is -0.492 e. The number of pyridine rings is 1. The van der Waals surface area contributed by atoms with Gasteiger partial charge in [0.15, 0.2) is 0 Å². The van der Waals surface area contributed by atoms with Gasteiger partial charge in [-0.15, -0.1) is 0 Å². The maximum atomic E-state index is 6.33. The van der Waals surface area contributed by atoms with Crippen molar-refractivity contribution >= 4 is 23.2 Å². The van der Waals surface area contributed by atoms with Gasteiger partial charge in [0.25, 0.3) is 0 Å². The summed E-state index contributed by atoms with van der Waals surface area (Å²) in [5.74, 6) is 0.746. The lowest BCUT2D eigenvalue weighted by Gasteiger charge is -2.20. The van der Waals surface area contributed by atoms with E-state index in [4.69, 9.17) is 27.9 Å². The van der Waals surface area contributed by atoms with E-state index in [1.165, 1.54) is 0 Å². The van der Waals surface area contributed by atoms with Gasteiger partial charge >= 0.3 is 0 Å². The van der Waals surface area contributed by atoms with E-state index in [0.717, 1.165) is 23.4 Å². The van der Waals surface area contributed by atoms with Crippen LogP contribution in [-0.2, 0) is 0 Å². The number of ether oxygens (including phenoxy) is 1. The van der Waals surface area contributed by atoms with E-state index in [1.54, 1.807) is 12.3 Å². The van der Waals surface area contributed by atoms with Gasteiger partial charge in [0, 0.05) is 16.2 Å². The van der Waals surface area contributed by atoms with Crippen LogP contribution in [0.15, 0.2) is 36.7 Å². The fourth-order valence-corrected chi connectivity index (χ4v) is 2.59. The molecule has 2 rings (SSSR count). The molecule has 0 saturated heterocycles. The molecule has 0 spiro atoms. The van der Waals surface area contributed by atoms with Crippen molar-refractivity contribution in [1.29, 1.82) is 0 Å². The van der Waals surface area contributed by atoms with Crippen LogP contribution in [0.4, 0.5) is 0 Å². The van der Waals surface area contributed by atoms with Gasteiger partial charge in [0.1, 0.15) is 5.75 Å². The van der Waals surface area contributed by atoms with Crippen molar-refractivity contribution in [3.8, 4) is 5.75 Å². The molecule has 1 unspecified atom stereocenters. The summed E-state index contributed by atoms with van der Waals surface area (Å²) in [6, 6.07) is 7.37. The van der Waals surface area contributed by atoms with Crippen LogP contribution in [0, 0.1) is 0 Å². The summed E-state index contributed by atoms with van der Waals surface area (Å²) in [5.41, 5.74) is 1.92. The zero-order valence-electron chi connectivity index (χ0n) is 12.1. The number of rotatable bonds is 6. The highest BCUT2D eigenvalue weighted by Gasteiger charge is 2.17. The number of hydrogen-bond acceptors (Lipinski definition) is 3. The van der Waals surface area contributed by atoms with E-state index in [9.17, 15) is 0 Å². The maximum Gasteiger partial charge on any atom is 0.137 e. The summed E-state index contributed by atoms with van der Waals surface area (Å²) in [6.07, 6.45) is 3.52. The molecule has 1 heterocycles. The van der Waals surface area contributed by atoms with Gasteiger partial charge in [-0.1, -0.05) is 30.1 Å². The second-order valence-corrected chi connectivity index (χ2v) is 5.39. The second-order valence-electron chi connectivity index (χ2n) is 4.54. The van der Waals surface area contributed by atoms with Gasteiger partial charge in [-0.2, -0.15) is 0 Å². The molecular weight excluding hydrogens is 307 g/mol. The van der Waals surface area contributed by atoms with Crippen molar-refractivity contribution in [2.24, 2.45) is 0 Å². The first kappa shape index (κ1) is 16.1. The van der Waals surface area contributed by atoms with Crippen molar-refractivity contribution < 1.29 is 4.74 Å². The summed E-state index contributed by atoms with van der Waals surface area (Å²) < 4.78 is 5.52. The number of nitrogens with zero attached hydrogens (tertiary/aromatic N) is 1. The standard InChI is InChI=1S/C16H18Cl2N2O/c1-3-20-16(14-8-12(17)5-6-15(14)18)11-7-13(21-4-2)10-19-9-11/h5-10,16,20H,3-4H2,1-2H3. The summed E-state index contributed by atoms with van der Waals surface area (Å²) >= 11 is 12.4. The Kier molecular flexibility index (Phi) is 5.85. The van der Waals surface area contributed by atoms with Crippen molar-refractivity contribution in [3.05, 3.63) is 57.8 Å². The number of aromatic nitrogens is 1. The molecule has 1 atom stereocenters. The molecular formula is C16H18Cl2N2O. The third kappa shape index (κ3) is 4.10. The van der Waals surface area contributed by atoms with Gasteiger partial charge in [0.05, 0.1) is 18.8 Å². The first-order valence-corrected chi connectivity index (χ1v) is 7.67. The fourth-order valence-electron chi connectivity index (χ4n) is 2.19. The van der Waals surface area contributed by atoms with Crippen LogP contribution in [0.25, 0.3) is 0 Å². The number of hydrogen-bond donors (Lipinski definition) is 1. The molecule has 1 N–H and O–H groups in total. The minimum absolute atomic E-state index is 0.0749. The van der Waals surface area contributed by atoms with E-state index < -0.39 is 0 Å². The summed E-state index contributed by atoms with van der Waals surface area (Å²) in [5, 5.41) is 4.75. The molecule has 1 aromatic carbocycles. The van der Waals surface area contributed by atoms with Crippen LogP contribution in [0.3, 0.4) is 0 Å². The highest BCUT2D eigenvalue weighted by molar-refractivity contribution is 6.33. The average molecular weight is 325 g/mol. The van der Waals surface area contributed by atoms with Crippen LogP contribution in [-0.4, -0.2) is 18.1 Å². The Bertz CT molecular complexity index is 605. The Morgan fingerprint density at radius 3 is 2.71 bits per heavy atom. The molecule has 0 fully saturated rings. The molecule has 1 aromatic heterocycles. The van der Waals surface area contributed by atoms with Crippen molar-refractivity contribution in [1.82, 2.24) is 10.3 Å². The fraction of sp³-hybridized carbons (Fsp3) is 0.312. The number of nitrogens with one attached hydrogen (secondary N) is 1. The highest BCUT2D eigenvalue weighted by Crippen LogP contribution is 2.31. The molecule has 2 aromatic rings.